The smallest absolute Gasteiger partial charge is 0.155 e. The summed E-state index contributed by atoms with van der Waals surface area (Å²) in [5.74, 6) is 1.00. The Hall–Kier alpha value is -2.16. The molecule has 0 spiro atoms. The third kappa shape index (κ3) is 2.74. The van der Waals surface area contributed by atoms with Crippen molar-refractivity contribution in [2.75, 3.05) is 0 Å². The van der Waals surface area contributed by atoms with Crippen molar-refractivity contribution in [1.82, 2.24) is 0 Å². The zero-order valence-corrected chi connectivity index (χ0v) is 10.4. The molecule has 0 N–H and O–H groups in total. The molecule has 2 aromatic rings. The van der Waals surface area contributed by atoms with Gasteiger partial charge in [0.05, 0.1) is 10.7 Å². The molecule has 0 atom stereocenters. The summed E-state index contributed by atoms with van der Waals surface area (Å²) in [4.78, 5) is 2.75. The molecule has 0 radical (unpaired) electrons. The molecule has 0 aliphatic rings. The van der Waals surface area contributed by atoms with Crippen LogP contribution in [0.1, 0.15) is 5.56 Å². The SMILES string of the molecule is Cc1ccc(Oc2c(Cl)cccc2N=[N+]=[N-])cc1. The molecule has 90 valence electrons. The minimum absolute atomic E-state index is 0.362. The van der Waals surface area contributed by atoms with Crippen LogP contribution in [-0.4, -0.2) is 0 Å². The van der Waals surface area contributed by atoms with Crippen molar-refractivity contribution in [1.29, 1.82) is 0 Å². The van der Waals surface area contributed by atoms with E-state index in [4.69, 9.17) is 21.9 Å². The first-order chi connectivity index (χ1) is 8.70. The van der Waals surface area contributed by atoms with Gasteiger partial charge in [-0.25, -0.2) is 0 Å². The quantitative estimate of drug-likeness (QED) is 0.414. The van der Waals surface area contributed by atoms with E-state index >= 15 is 0 Å². The molecule has 0 fully saturated rings. The number of aryl methyl sites for hydroxylation is 1. The van der Waals surface area contributed by atoms with Crippen LogP contribution in [0.15, 0.2) is 47.6 Å². The second-order valence-corrected chi connectivity index (χ2v) is 4.10. The van der Waals surface area contributed by atoms with Gasteiger partial charge in [0.15, 0.2) is 5.75 Å². The van der Waals surface area contributed by atoms with E-state index in [1.165, 1.54) is 0 Å². The lowest BCUT2D eigenvalue weighted by Gasteiger charge is -2.10. The van der Waals surface area contributed by atoms with E-state index in [1.54, 1.807) is 18.2 Å². The molecule has 0 aliphatic carbocycles. The summed E-state index contributed by atoms with van der Waals surface area (Å²) in [6.07, 6.45) is 0. The van der Waals surface area contributed by atoms with E-state index < -0.39 is 0 Å². The first-order valence-corrected chi connectivity index (χ1v) is 5.66. The highest BCUT2D eigenvalue weighted by atomic mass is 35.5. The lowest BCUT2D eigenvalue weighted by molar-refractivity contribution is 0.484. The molecule has 18 heavy (non-hydrogen) atoms. The molecule has 0 unspecified atom stereocenters. The van der Waals surface area contributed by atoms with Gasteiger partial charge in [0, 0.05) is 4.91 Å². The van der Waals surface area contributed by atoms with Gasteiger partial charge in [-0.2, -0.15) is 0 Å². The maximum absolute atomic E-state index is 8.50. The topological polar surface area (TPSA) is 58.0 Å². The van der Waals surface area contributed by atoms with Crippen molar-refractivity contribution in [3.05, 3.63) is 63.5 Å². The van der Waals surface area contributed by atoms with Crippen LogP contribution in [0.25, 0.3) is 10.4 Å². The highest BCUT2D eigenvalue weighted by Crippen LogP contribution is 2.38. The lowest BCUT2D eigenvalue weighted by atomic mass is 10.2. The predicted molar refractivity (Wildman–Crippen MR) is 71.5 cm³/mol. The molecule has 0 saturated heterocycles. The maximum Gasteiger partial charge on any atom is 0.155 e. The first kappa shape index (κ1) is 12.3. The van der Waals surface area contributed by atoms with Crippen LogP contribution in [0.2, 0.25) is 5.02 Å². The van der Waals surface area contributed by atoms with Crippen LogP contribution >= 0.6 is 11.6 Å². The maximum atomic E-state index is 8.50. The lowest BCUT2D eigenvalue weighted by Crippen LogP contribution is -1.86. The number of hydrogen-bond acceptors (Lipinski definition) is 2. The highest BCUT2D eigenvalue weighted by Gasteiger charge is 2.08. The van der Waals surface area contributed by atoms with Crippen LogP contribution in [0.5, 0.6) is 11.5 Å². The Morgan fingerprint density at radius 3 is 2.56 bits per heavy atom. The molecule has 2 rings (SSSR count). The van der Waals surface area contributed by atoms with Gasteiger partial charge in [-0.15, -0.1) is 0 Å². The Labute approximate surface area is 109 Å². The standard InChI is InChI=1S/C13H10ClN3O/c1-9-5-7-10(8-6-9)18-13-11(14)3-2-4-12(13)16-17-15/h2-8H,1H3. The van der Waals surface area contributed by atoms with Crippen LogP contribution < -0.4 is 4.74 Å². The number of azide groups is 1. The van der Waals surface area contributed by atoms with E-state index in [-0.39, 0.29) is 0 Å². The molecule has 0 aliphatic heterocycles. The Kier molecular flexibility index (Phi) is 3.72. The van der Waals surface area contributed by atoms with E-state index in [0.717, 1.165) is 5.56 Å². The zero-order valence-electron chi connectivity index (χ0n) is 9.67. The van der Waals surface area contributed by atoms with Gasteiger partial charge < -0.3 is 4.74 Å². The van der Waals surface area contributed by atoms with Gasteiger partial charge in [-0.05, 0) is 36.7 Å². The minimum Gasteiger partial charge on any atom is -0.455 e. The van der Waals surface area contributed by atoms with Gasteiger partial charge in [0.25, 0.3) is 0 Å². The van der Waals surface area contributed by atoms with Crippen molar-refractivity contribution in [3.63, 3.8) is 0 Å². The molecule has 4 nitrogen and oxygen atoms in total. The number of benzene rings is 2. The fourth-order valence-corrected chi connectivity index (χ4v) is 1.66. The van der Waals surface area contributed by atoms with Crippen molar-refractivity contribution in [2.24, 2.45) is 5.11 Å². The third-order valence-electron chi connectivity index (χ3n) is 2.34. The van der Waals surface area contributed by atoms with E-state index in [9.17, 15) is 0 Å². The number of ether oxygens (including phenoxy) is 1. The van der Waals surface area contributed by atoms with Crippen LogP contribution in [0.4, 0.5) is 5.69 Å². The highest BCUT2D eigenvalue weighted by molar-refractivity contribution is 6.32. The van der Waals surface area contributed by atoms with Gasteiger partial charge >= 0.3 is 0 Å². The molecular formula is C13H10ClN3O. The van der Waals surface area contributed by atoms with E-state index in [2.05, 4.69) is 10.0 Å². The fraction of sp³-hybridized carbons (Fsp3) is 0.0769. The monoisotopic (exact) mass is 259 g/mol. The largest absolute Gasteiger partial charge is 0.455 e. The van der Waals surface area contributed by atoms with Gasteiger partial charge in [0.1, 0.15) is 5.75 Å². The van der Waals surface area contributed by atoms with Gasteiger partial charge in [0.2, 0.25) is 0 Å². The number of para-hydroxylation sites is 1. The first-order valence-electron chi connectivity index (χ1n) is 5.29. The second kappa shape index (κ2) is 5.45. The average Bonchev–Trinajstić information content (AvgIpc) is 2.36. The Bertz CT molecular complexity index is 604. The predicted octanol–water partition coefficient (Wildman–Crippen LogP) is 5.38. The Balaban J connectivity index is 2.38. The minimum atomic E-state index is 0.362. The molecule has 2 aromatic carbocycles. The molecule has 0 amide bonds. The number of rotatable bonds is 3. The average molecular weight is 260 g/mol. The molecule has 0 bridgehead atoms. The Morgan fingerprint density at radius 2 is 1.89 bits per heavy atom. The fourth-order valence-electron chi connectivity index (χ4n) is 1.45. The molecule has 5 heteroatoms. The van der Waals surface area contributed by atoms with Gasteiger partial charge in [-0.3, -0.25) is 0 Å². The molecule has 0 heterocycles. The van der Waals surface area contributed by atoms with Crippen LogP contribution in [-0.2, 0) is 0 Å². The number of hydrogen-bond donors (Lipinski definition) is 0. The molecule has 0 saturated carbocycles. The summed E-state index contributed by atoms with van der Waals surface area (Å²) in [5.41, 5.74) is 10.00. The summed E-state index contributed by atoms with van der Waals surface area (Å²) in [5, 5.41) is 3.96. The second-order valence-electron chi connectivity index (χ2n) is 3.69. The van der Waals surface area contributed by atoms with E-state index in [1.807, 2.05) is 31.2 Å². The summed E-state index contributed by atoms with van der Waals surface area (Å²) < 4.78 is 5.65. The summed E-state index contributed by atoms with van der Waals surface area (Å²) >= 11 is 6.04. The van der Waals surface area contributed by atoms with Crippen molar-refractivity contribution >= 4 is 17.3 Å². The van der Waals surface area contributed by atoms with E-state index in [0.29, 0.717) is 22.2 Å². The molecule has 0 aromatic heterocycles. The zero-order chi connectivity index (χ0) is 13.0. The normalized spacial score (nSPS) is 9.67. The van der Waals surface area contributed by atoms with Crippen molar-refractivity contribution < 1.29 is 4.74 Å². The van der Waals surface area contributed by atoms with Gasteiger partial charge in [-0.1, -0.05) is 40.5 Å². The third-order valence-corrected chi connectivity index (χ3v) is 2.64. The number of halogens is 1. The van der Waals surface area contributed by atoms with Crippen molar-refractivity contribution in [3.8, 4) is 11.5 Å². The summed E-state index contributed by atoms with van der Waals surface area (Å²) in [6, 6.07) is 12.6. The summed E-state index contributed by atoms with van der Waals surface area (Å²) in [6.45, 7) is 1.99. The Morgan fingerprint density at radius 1 is 1.17 bits per heavy atom. The summed E-state index contributed by atoms with van der Waals surface area (Å²) in [7, 11) is 0. The molecular weight excluding hydrogens is 250 g/mol. The van der Waals surface area contributed by atoms with Crippen LogP contribution in [0.3, 0.4) is 0 Å². The number of nitrogens with zero attached hydrogens (tertiary/aromatic N) is 3. The van der Waals surface area contributed by atoms with Crippen molar-refractivity contribution in [2.45, 2.75) is 6.92 Å². The van der Waals surface area contributed by atoms with Crippen LogP contribution in [0, 0.1) is 6.92 Å².